The van der Waals surface area contributed by atoms with E-state index in [1.54, 1.807) is 12.1 Å². The molecule has 2 heteroatoms. The number of halogens is 1. The van der Waals surface area contributed by atoms with E-state index in [-0.39, 0.29) is 5.82 Å². The first-order valence-corrected chi connectivity index (χ1v) is 6.19. The lowest BCUT2D eigenvalue weighted by molar-refractivity contribution is 0.283. The van der Waals surface area contributed by atoms with Crippen LogP contribution in [0.4, 0.5) is 4.39 Å². The Kier molecular flexibility index (Phi) is 3.59. The number of hydrogen-bond acceptors (Lipinski definition) is 1. The summed E-state index contributed by atoms with van der Waals surface area (Å²) < 4.78 is 12.7. The standard InChI is InChI=1S/C14H20FN/c15-13-5-3-12(4-6-13)7-10-14(11-16)8-1-2-9-14/h3-6H,1-2,7-11,16H2. The second-order valence-corrected chi connectivity index (χ2v) is 5.04. The van der Waals surface area contributed by atoms with E-state index >= 15 is 0 Å². The molecule has 0 spiro atoms. The van der Waals surface area contributed by atoms with Gasteiger partial charge in [0, 0.05) is 0 Å². The minimum atomic E-state index is -0.154. The van der Waals surface area contributed by atoms with Gasteiger partial charge in [-0.3, -0.25) is 0 Å². The first-order valence-electron chi connectivity index (χ1n) is 6.19. The maximum atomic E-state index is 12.7. The molecule has 0 aromatic heterocycles. The van der Waals surface area contributed by atoms with Crippen molar-refractivity contribution in [3.63, 3.8) is 0 Å². The molecule has 1 saturated carbocycles. The Hall–Kier alpha value is -0.890. The number of nitrogens with two attached hydrogens (primary N) is 1. The van der Waals surface area contributed by atoms with Gasteiger partial charge >= 0.3 is 0 Å². The van der Waals surface area contributed by atoms with Gasteiger partial charge < -0.3 is 5.73 Å². The number of benzene rings is 1. The van der Waals surface area contributed by atoms with Crippen molar-refractivity contribution in [3.8, 4) is 0 Å². The lowest BCUT2D eigenvalue weighted by Gasteiger charge is -2.27. The van der Waals surface area contributed by atoms with Crippen molar-refractivity contribution in [2.75, 3.05) is 6.54 Å². The quantitative estimate of drug-likeness (QED) is 0.829. The molecule has 1 aromatic carbocycles. The molecule has 88 valence electrons. The molecule has 1 aliphatic carbocycles. The third-order valence-corrected chi connectivity index (χ3v) is 3.95. The Labute approximate surface area is 96.9 Å². The van der Waals surface area contributed by atoms with Crippen molar-refractivity contribution in [3.05, 3.63) is 35.6 Å². The van der Waals surface area contributed by atoms with Gasteiger partial charge in [0.2, 0.25) is 0 Å². The zero-order chi connectivity index (χ0) is 11.4. The Balaban J connectivity index is 1.93. The van der Waals surface area contributed by atoms with Crippen LogP contribution in [0.25, 0.3) is 0 Å². The van der Waals surface area contributed by atoms with Crippen LogP contribution >= 0.6 is 0 Å². The van der Waals surface area contributed by atoms with Gasteiger partial charge in [-0.25, -0.2) is 4.39 Å². The molecule has 0 heterocycles. The molecule has 0 saturated heterocycles. The summed E-state index contributed by atoms with van der Waals surface area (Å²) in [4.78, 5) is 0. The molecule has 2 N–H and O–H groups in total. The van der Waals surface area contributed by atoms with Crippen molar-refractivity contribution in [1.29, 1.82) is 0 Å². The van der Waals surface area contributed by atoms with E-state index in [1.807, 2.05) is 12.1 Å². The van der Waals surface area contributed by atoms with Crippen LogP contribution in [0.2, 0.25) is 0 Å². The van der Waals surface area contributed by atoms with Crippen molar-refractivity contribution >= 4 is 0 Å². The molecule has 16 heavy (non-hydrogen) atoms. The highest BCUT2D eigenvalue weighted by atomic mass is 19.1. The Morgan fingerprint density at radius 3 is 2.31 bits per heavy atom. The molecule has 0 bridgehead atoms. The van der Waals surface area contributed by atoms with E-state index in [0.717, 1.165) is 19.4 Å². The van der Waals surface area contributed by atoms with E-state index in [4.69, 9.17) is 5.73 Å². The van der Waals surface area contributed by atoms with Crippen LogP contribution in [0, 0.1) is 11.2 Å². The molecule has 1 nitrogen and oxygen atoms in total. The smallest absolute Gasteiger partial charge is 0.123 e. The largest absolute Gasteiger partial charge is 0.330 e. The van der Waals surface area contributed by atoms with Crippen LogP contribution in [-0.4, -0.2) is 6.54 Å². The molecule has 0 aliphatic heterocycles. The van der Waals surface area contributed by atoms with Crippen LogP contribution in [-0.2, 0) is 6.42 Å². The number of hydrogen-bond donors (Lipinski definition) is 1. The SMILES string of the molecule is NCC1(CCc2ccc(F)cc2)CCCC1. The molecule has 0 atom stereocenters. The molecule has 1 fully saturated rings. The van der Waals surface area contributed by atoms with Crippen molar-refractivity contribution in [2.24, 2.45) is 11.1 Å². The molecule has 1 aliphatic rings. The first-order chi connectivity index (χ1) is 7.74. The van der Waals surface area contributed by atoms with Gasteiger partial charge in [-0.2, -0.15) is 0 Å². The molecule has 1 aromatic rings. The average molecular weight is 221 g/mol. The summed E-state index contributed by atoms with van der Waals surface area (Å²) in [6, 6.07) is 6.85. The van der Waals surface area contributed by atoms with E-state index in [0.29, 0.717) is 5.41 Å². The van der Waals surface area contributed by atoms with Crippen LogP contribution in [0.15, 0.2) is 24.3 Å². The highest BCUT2D eigenvalue weighted by Crippen LogP contribution is 2.40. The monoisotopic (exact) mass is 221 g/mol. The van der Waals surface area contributed by atoms with E-state index in [2.05, 4.69) is 0 Å². The topological polar surface area (TPSA) is 26.0 Å². The van der Waals surface area contributed by atoms with Crippen molar-refractivity contribution in [2.45, 2.75) is 38.5 Å². The fraction of sp³-hybridized carbons (Fsp3) is 0.571. The highest BCUT2D eigenvalue weighted by Gasteiger charge is 2.31. The predicted octanol–water partition coefficient (Wildman–Crippen LogP) is 3.28. The van der Waals surface area contributed by atoms with Gasteiger partial charge in [0.25, 0.3) is 0 Å². The summed E-state index contributed by atoms with van der Waals surface area (Å²) in [6.45, 7) is 0.800. The van der Waals surface area contributed by atoms with Crippen LogP contribution < -0.4 is 5.73 Å². The Bertz CT molecular complexity index is 325. The van der Waals surface area contributed by atoms with Gasteiger partial charge in [-0.05, 0) is 55.3 Å². The Morgan fingerprint density at radius 1 is 1.12 bits per heavy atom. The van der Waals surface area contributed by atoms with Gasteiger partial charge in [0.1, 0.15) is 5.82 Å². The van der Waals surface area contributed by atoms with E-state index in [9.17, 15) is 4.39 Å². The lowest BCUT2D eigenvalue weighted by atomic mass is 9.80. The fourth-order valence-electron chi connectivity index (χ4n) is 2.74. The number of aryl methyl sites for hydroxylation is 1. The van der Waals surface area contributed by atoms with Crippen LogP contribution in [0.1, 0.15) is 37.7 Å². The average Bonchev–Trinajstić information content (AvgIpc) is 2.78. The third-order valence-electron chi connectivity index (χ3n) is 3.95. The molecule has 0 radical (unpaired) electrons. The third kappa shape index (κ3) is 2.62. The lowest BCUT2D eigenvalue weighted by Crippen LogP contribution is -2.27. The van der Waals surface area contributed by atoms with Gasteiger partial charge in [-0.1, -0.05) is 25.0 Å². The van der Waals surface area contributed by atoms with Crippen molar-refractivity contribution in [1.82, 2.24) is 0 Å². The second kappa shape index (κ2) is 4.96. The number of rotatable bonds is 4. The van der Waals surface area contributed by atoms with Crippen molar-refractivity contribution < 1.29 is 4.39 Å². The van der Waals surface area contributed by atoms with Gasteiger partial charge in [0.15, 0.2) is 0 Å². The van der Waals surface area contributed by atoms with Gasteiger partial charge in [0.05, 0.1) is 0 Å². The molecule has 0 unspecified atom stereocenters. The summed E-state index contributed by atoms with van der Waals surface area (Å²) in [7, 11) is 0. The van der Waals surface area contributed by atoms with Gasteiger partial charge in [-0.15, -0.1) is 0 Å². The van der Waals surface area contributed by atoms with Crippen LogP contribution in [0.5, 0.6) is 0 Å². The minimum Gasteiger partial charge on any atom is -0.330 e. The summed E-state index contributed by atoms with van der Waals surface area (Å²) in [5, 5.41) is 0. The molecular formula is C14H20FN. The summed E-state index contributed by atoms with van der Waals surface area (Å²) in [5.74, 6) is -0.154. The minimum absolute atomic E-state index is 0.154. The van der Waals surface area contributed by atoms with E-state index < -0.39 is 0 Å². The summed E-state index contributed by atoms with van der Waals surface area (Å²) >= 11 is 0. The zero-order valence-corrected chi connectivity index (χ0v) is 9.71. The zero-order valence-electron chi connectivity index (χ0n) is 9.71. The summed E-state index contributed by atoms with van der Waals surface area (Å²) in [5.41, 5.74) is 7.49. The first kappa shape index (κ1) is 11.6. The second-order valence-electron chi connectivity index (χ2n) is 5.04. The normalized spacial score (nSPS) is 18.9. The molecule has 2 rings (SSSR count). The predicted molar refractivity (Wildman–Crippen MR) is 64.7 cm³/mol. The van der Waals surface area contributed by atoms with Crippen LogP contribution in [0.3, 0.4) is 0 Å². The maximum absolute atomic E-state index is 12.7. The maximum Gasteiger partial charge on any atom is 0.123 e. The Morgan fingerprint density at radius 2 is 1.75 bits per heavy atom. The highest BCUT2D eigenvalue weighted by molar-refractivity contribution is 5.16. The summed E-state index contributed by atoms with van der Waals surface area (Å²) in [6.07, 6.45) is 7.35. The fourth-order valence-corrected chi connectivity index (χ4v) is 2.74. The molecular weight excluding hydrogens is 201 g/mol. The van der Waals surface area contributed by atoms with E-state index in [1.165, 1.54) is 31.2 Å². The molecule has 0 amide bonds.